The Labute approximate surface area is 134 Å². The van der Waals surface area contributed by atoms with Gasteiger partial charge in [0.25, 0.3) is 0 Å². The second-order valence-electron chi connectivity index (χ2n) is 3.53. The summed E-state index contributed by atoms with van der Waals surface area (Å²) in [5.74, 6) is -0.179. The molecule has 0 fully saturated rings. The molecule has 18 heavy (non-hydrogen) atoms. The minimum atomic E-state index is -3.66. The maximum absolute atomic E-state index is 11.8. The molecule has 0 amide bonds. The fraction of sp³-hybridized carbons (Fsp3) is 0.400. The number of aliphatic hydroxyl groups is 1. The van der Waals surface area contributed by atoms with E-state index in [-0.39, 0.29) is 16.3 Å². The van der Waals surface area contributed by atoms with E-state index in [4.69, 9.17) is 34.8 Å². The van der Waals surface area contributed by atoms with Crippen molar-refractivity contribution in [2.75, 3.05) is 5.75 Å². The van der Waals surface area contributed by atoms with Crippen LogP contribution in [-0.2, 0) is 9.84 Å². The van der Waals surface area contributed by atoms with Gasteiger partial charge in [-0.15, -0.1) is 0 Å². The van der Waals surface area contributed by atoms with Gasteiger partial charge in [0, 0.05) is 15.6 Å². The number of sulfone groups is 1. The molecule has 0 spiro atoms. The molecule has 0 bridgehead atoms. The number of hydrogen-bond donors (Lipinski definition) is 1. The quantitative estimate of drug-likeness (QED) is 0.569. The molecule has 0 saturated carbocycles. The molecule has 3 nitrogen and oxygen atoms in total. The van der Waals surface area contributed by atoms with E-state index in [1.165, 1.54) is 47.7 Å². The van der Waals surface area contributed by atoms with Crippen LogP contribution in [0.1, 0.15) is 18.6 Å². The van der Waals surface area contributed by atoms with Crippen molar-refractivity contribution in [3.63, 3.8) is 0 Å². The van der Waals surface area contributed by atoms with Crippen LogP contribution in [0.15, 0.2) is 18.2 Å². The highest BCUT2D eigenvalue weighted by Crippen LogP contribution is 2.45. The van der Waals surface area contributed by atoms with Gasteiger partial charge in [0.2, 0.25) is 2.21 Å². The standard InChI is InChI=1S/C10H10Cl3IO3S/c1-2-18(16,17)10(13,14)9(15)7-4-3-6(11)5-8(7)12/h3-5,9,15H,2H2,1H3/t9-,10-/m1/s1. The van der Waals surface area contributed by atoms with Gasteiger partial charge in [-0.05, 0) is 34.7 Å². The molecule has 0 radical (unpaired) electrons. The molecule has 1 aromatic carbocycles. The third-order valence-electron chi connectivity index (χ3n) is 2.37. The molecule has 0 aromatic heterocycles. The van der Waals surface area contributed by atoms with Crippen molar-refractivity contribution in [1.82, 2.24) is 0 Å². The second kappa shape index (κ2) is 6.01. The fourth-order valence-corrected chi connectivity index (χ4v) is 4.35. The van der Waals surface area contributed by atoms with Crippen LogP contribution in [0.4, 0.5) is 0 Å². The minimum Gasteiger partial charge on any atom is -0.385 e. The first-order chi connectivity index (χ1) is 8.13. The van der Waals surface area contributed by atoms with Crippen molar-refractivity contribution in [3.8, 4) is 0 Å². The molecule has 102 valence electrons. The van der Waals surface area contributed by atoms with Crippen molar-refractivity contribution in [3.05, 3.63) is 33.8 Å². The molecule has 2 atom stereocenters. The molecule has 0 aliphatic carbocycles. The molecule has 0 aliphatic rings. The average Bonchev–Trinajstić information content (AvgIpc) is 2.28. The average molecular weight is 444 g/mol. The number of benzene rings is 1. The summed E-state index contributed by atoms with van der Waals surface area (Å²) in [5, 5.41) is 10.7. The summed E-state index contributed by atoms with van der Waals surface area (Å²) in [7, 11) is -3.66. The second-order valence-corrected chi connectivity index (χ2v) is 10.7. The smallest absolute Gasteiger partial charge is 0.225 e. The van der Waals surface area contributed by atoms with E-state index in [0.717, 1.165) is 0 Å². The van der Waals surface area contributed by atoms with Gasteiger partial charge in [-0.2, -0.15) is 0 Å². The molecule has 0 aliphatic heterocycles. The number of aliphatic hydroxyl groups excluding tert-OH is 1. The number of rotatable bonds is 4. The Morgan fingerprint density at radius 1 is 1.44 bits per heavy atom. The summed E-state index contributed by atoms with van der Waals surface area (Å²) >= 11 is 19.1. The number of halogens is 4. The molecule has 8 heteroatoms. The van der Waals surface area contributed by atoms with Gasteiger partial charge in [-0.25, -0.2) is 8.42 Å². The summed E-state index contributed by atoms with van der Waals surface area (Å²) < 4.78 is 21.8. The molecular weight excluding hydrogens is 433 g/mol. The molecule has 0 unspecified atom stereocenters. The lowest BCUT2D eigenvalue weighted by Gasteiger charge is -2.26. The zero-order chi connectivity index (χ0) is 14.1. The van der Waals surface area contributed by atoms with Gasteiger partial charge < -0.3 is 5.11 Å². The van der Waals surface area contributed by atoms with Gasteiger partial charge in [-0.1, -0.05) is 47.8 Å². The van der Waals surface area contributed by atoms with Gasteiger partial charge in [0.05, 0.1) is 5.75 Å². The Hall–Kier alpha value is 0.730. The Kier molecular flexibility index (Phi) is 5.61. The third-order valence-corrected chi connectivity index (χ3v) is 8.26. The molecule has 0 saturated heterocycles. The Balaban J connectivity index is 3.26. The van der Waals surface area contributed by atoms with E-state index in [1.54, 1.807) is 0 Å². The molecular formula is C10H10Cl3IO3S. The van der Waals surface area contributed by atoms with Gasteiger partial charge >= 0.3 is 0 Å². The topological polar surface area (TPSA) is 54.4 Å². The zero-order valence-electron chi connectivity index (χ0n) is 9.20. The van der Waals surface area contributed by atoms with Crippen molar-refractivity contribution >= 4 is 67.2 Å². The van der Waals surface area contributed by atoms with Crippen LogP contribution in [0.25, 0.3) is 0 Å². The lowest BCUT2D eigenvalue weighted by molar-refractivity contribution is 0.187. The van der Waals surface area contributed by atoms with Crippen LogP contribution in [-0.4, -0.2) is 21.5 Å². The zero-order valence-corrected chi connectivity index (χ0v) is 14.4. The minimum absolute atomic E-state index is 0.169. The maximum Gasteiger partial charge on any atom is 0.225 e. The highest BCUT2D eigenvalue weighted by molar-refractivity contribution is 14.1. The first-order valence-electron chi connectivity index (χ1n) is 4.86. The predicted molar refractivity (Wildman–Crippen MR) is 83.5 cm³/mol. The van der Waals surface area contributed by atoms with Crippen molar-refractivity contribution < 1.29 is 13.5 Å². The van der Waals surface area contributed by atoms with E-state index in [2.05, 4.69) is 0 Å². The van der Waals surface area contributed by atoms with E-state index >= 15 is 0 Å². The SMILES string of the molecule is CCS(=O)(=O)[C@](Cl)(I)[C@H](O)c1ccc(Cl)cc1Cl. The third kappa shape index (κ3) is 3.24. The van der Waals surface area contributed by atoms with E-state index in [0.29, 0.717) is 5.02 Å². The summed E-state index contributed by atoms with van der Waals surface area (Å²) in [5.41, 5.74) is 0.225. The number of hydrogen-bond acceptors (Lipinski definition) is 3. The van der Waals surface area contributed by atoms with Crippen LogP contribution in [0.2, 0.25) is 10.0 Å². The summed E-state index contributed by atoms with van der Waals surface area (Å²) in [6.45, 7) is 1.46. The van der Waals surface area contributed by atoms with Gasteiger partial charge in [0.1, 0.15) is 6.10 Å². The van der Waals surface area contributed by atoms with Crippen molar-refractivity contribution in [2.45, 2.75) is 15.2 Å². The lowest BCUT2D eigenvalue weighted by atomic mass is 10.1. The lowest BCUT2D eigenvalue weighted by Crippen LogP contribution is -2.34. The fourth-order valence-electron chi connectivity index (χ4n) is 1.27. The molecule has 1 aromatic rings. The Morgan fingerprint density at radius 2 is 2.00 bits per heavy atom. The molecule has 0 heterocycles. The summed E-state index contributed by atoms with van der Waals surface area (Å²) in [4.78, 5) is 0. The molecule has 1 rings (SSSR count). The molecule has 1 N–H and O–H groups in total. The maximum atomic E-state index is 11.8. The first-order valence-corrected chi connectivity index (χ1v) is 8.73. The Morgan fingerprint density at radius 3 is 2.44 bits per heavy atom. The highest BCUT2D eigenvalue weighted by atomic mass is 127. The van der Waals surface area contributed by atoms with Gasteiger partial charge in [0.15, 0.2) is 9.84 Å². The monoisotopic (exact) mass is 442 g/mol. The van der Waals surface area contributed by atoms with Gasteiger partial charge in [-0.3, -0.25) is 0 Å². The highest BCUT2D eigenvalue weighted by Gasteiger charge is 2.46. The van der Waals surface area contributed by atoms with Crippen LogP contribution in [0.3, 0.4) is 0 Å². The van der Waals surface area contributed by atoms with E-state index in [9.17, 15) is 13.5 Å². The van der Waals surface area contributed by atoms with E-state index < -0.39 is 18.2 Å². The summed E-state index contributed by atoms with van der Waals surface area (Å²) in [6.07, 6.45) is -1.45. The first kappa shape index (κ1) is 16.8. The van der Waals surface area contributed by atoms with Crippen LogP contribution in [0, 0.1) is 0 Å². The van der Waals surface area contributed by atoms with Crippen LogP contribution >= 0.6 is 57.4 Å². The summed E-state index contributed by atoms with van der Waals surface area (Å²) in [6, 6.07) is 4.38. The van der Waals surface area contributed by atoms with Crippen molar-refractivity contribution in [2.24, 2.45) is 0 Å². The predicted octanol–water partition coefficient (Wildman–Crippen LogP) is 3.79. The Bertz CT molecular complexity index is 545. The largest absolute Gasteiger partial charge is 0.385 e. The van der Waals surface area contributed by atoms with E-state index in [1.807, 2.05) is 0 Å². The number of alkyl halides is 2. The van der Waals surface area contributed by atoms with Crippen LogP contribution < -0.4 is 0 Å². The van der Waals surface area contributed by atoms with Crippen molar-refractivity contribution in [1.29, 1.82) is 0 Å². The normalized spacial score (nSPS) is 17.2. The van der Waals surface area contributed by atoms with Crippen LogP contribution in [0.5, 0.6) is 0 Å².